The molecule has 0 aliphatic rings. The second-order valence-corrected chi connectivity index (χ2v) is 7.08. The van der Waals surface area contributed by atoms with Crippen molar-refractivity contribution in [3.63, 3.8) is 0 Å². The van der Waals surface area contributed by atoms with Crippen LogP contribution in [0.1, 0.15) is 11.6 Å². The smallest absolute Gasteiger partial charge is 0.237 e. The standard InChI is InChI=1S/C18H14N4OS2/c1-12-9-15(13-5-3-2-4-6-13)20-18(19-12)25-11-16-21-17(22-23-16)14-7-8-24-10-14/h2-10H,11H2,1H3. The summed E-state index contributed by atoms with van der Waals surface area (Å²) in [6, 6.07) is 14.0. The van der Waals surface area contributed by atoms with Gasteiger partial charge in [0.05, 0.1) is 11.4 Å². The number of thiophene rings is 1. The minimum atomic E-state index is 0.537. The number of benzene rings is 1. The predicted octanol–water partition coefficient (Wildman–Crippen LogP) is 4.86. The zero-order valence-corrected chi connectivity index (χ0v) is 15.0. The Bertz CT molecular complexity index is 968. The second kappa shape index (κ2) is 7.16. The number of rotatable bonds is 5. The summed E-state index contributed by atoms with van der Waals surface area (Å²) in [5, 5.41) is 8.71. The van der Waals surface area contributed by atoms with Crippen LogP contribution in [0.3, 0.4) is 0 Å². The summed E-state index contributed by atoms with van der Waals surface area (Å²) in [7, 11) is 0. The molecule has 7 heteroatoms. The van der Waals surface area contributed by atoms with Gasteiger partial charge in [-0.25, -0.2) is 9.97 Å². The Balaban J connectivity index is 1.51. The summed E-state index contributed by atoms with van der Waals surface area (Å²) >= 11 is 3.10. The van der Waals surface area contributed by atoms with E-state index in [0.717, 1.165) is 22.5 Å². The van der Waals surface area contributed by atoms with Gasteiger partial charge in [-0.3, -0.25) is 0 Å². The minimum Gasteiger partial charge on any atom is -0.338 e. The summed E-state index contributed by atoms with van der Waals surface area (Å²) in [6.45, 7) is 1.97. The summed E-state index contributed by atoms with van der Waals surface area (Å²) < 4.78 is 5.32. The van der Waals surface area contributed by atoms with Gasteiger partial charge in [-0.2, -0.15) is 16.3 Å². The fraction of sp³-hybridized carbons (Fsp3) is 0.111. The topological polar surface area (TPSA) is 64.7 Å². The lowest BCUT2D eigenvalue weighted by atomic mass is 10.1. The van der Waals surface area contributed by atoms with Crippen molar-refractivity contribution in [1.29, 1.82) is 0 Å². The van der Waals surface area contributed by atoms with Crippen molar-refractivity contribution < 1.29 is 4.52 Å². The van der Waals surface area contributed by atoms with Crippen molar-refractivity contribution in [1.82, 2.24) is 20.1 Å². The van der Waals surface area contributed by atoms with E-state index in [-0.39, 0.29) is 0 Å². The van der Waals surface area contributed by atoms with Gasteiger partial charge < -0.3 is 4.52 Å². The average molecular weight is 366 g/mol. The number of hydrogen-bond acceptors (Lipinski definition) is 7. The minimum absolute atomic E-state index is 0.537. The first-order valence-electron chi connectivity index (χ1n) is 7.67. The largest absolute Gasteiger partial charge is 0.338 e. The third-order valence-corrected chi connectivity index (χ3v) is 4.99. The molecule has 25 heavy (non-hydrogen) atoms. The Morgan fingerprint density at radius 3 is 2.72 bits per heavy atom. The first-order chi connectivity index (χ1) is 12.3. The van der Waals surface area contributed by atoms with E-state index in [0.29, 0.717) is 22.6 Å². The zero-order valence-electron chi connectivity index (χ0n) is 13.4. The molecule has 5 nitrogen and oxygen atoms in total. The van der Waals surface area contributed by atoms with Crippen LogP contribution in [-0.4, -0.2) is 20.1 Å². The quantitative estimate of drug-likeness (QED) is 0.371. The summed E-state index contributed by atoms with van der Waals surface area (Å²) in [6.07, 6.45) is 0. The molecule has 0 saturated carbocycles. The van der Waals surface area contributed by atoms with Gasteiger partial charge in [-0.15, -0.1) is 0 Å². The molecule has 3 heterocycles. The van der Waals surface area contributed by atoms with E-state index in [2.05, 4.69) is 20.1 Å². The Labute approximate surface area is 153 Å². The molecule has 4 aromatic rings. The number of hydrogen-bond donors (Lipinski definition) is 0. The number of aryl methyl sites for hydroxylation is 1. The van der Waals surface area contributed by atoms with Crippen molar-refractivity contribution in [2.24, 2.45) is 0 Å². The SMILES string of the molecule is Cc1cc(-c2ccccc2)nc(SCc2nc(-c3ccsc3)no2)n1. The van der Waals surface area contributed by atoms with Crippen molar-refractivity contribution in [2.75, 3.05) is 0 Å². The van der Waals surface area contributed by atoms with E-state index in [1.807, 2.05) is 60.1 Å². The van der Waals surface area contributed by atoms with E-state index in [1.165, 1.54) is 11.8 Å². The van der Waals surface area contributed by atoms with Gasteiger partial charge in [0.1, 0.15) is 0 Å². The number of aromatic nitrogens is 4. The molecule has 4 rings (SSSR count). The highest BCUT2D eigenvalue weighted by Crippen LogP contribution is 2.25. The molecule has 0 fully saturated rings. The summed E-state index contributed by atoms with van der Waals surface area (Å²) in [5.41, 5.74) is 3.90. The van der Waals surface area contributed by atoms with Crippen LogP contribution >= 0.6 is 23.1 Å². The van der Waals surface area contributed by atoms with Crippen LogP contribution in [0.4, 0.5) is 0 Å². The fourth-order valence-electron chi connectivity index (χ4n) is 2.31. The molecule has 1 aromatic carbocycles. The van der Waals surface area contributed by atoms with Gasteiger partial charge >= 0.3 is 0 Å². The second-order valence-electron chi connectivity index (χ2n) is 5.36. The van der Waals surface area contributed by atoms with Crippen molar-refractivity contribution in [3.05, 3.63) is 64.8 Å². The lowest BCUT2D eigenvalue weighted by molar-refractivity contribution is 0.391. The molecule has 0 amide bonds. The van der Waals surface area contributed by atoms with Crippen LogP contribution in [-0.2, 0) is 5.75 Å². The molecule has 0 aliphatic carbocycles. The van der Waals surface area contributed by atoms with E-state index < -0.39 is 0 Å². The van der Waals surface area contributed by atoms with Gasteiger partial charge in [-0.1, -0.05) is 47.3 Å². The number of thioether (sulfide) groups is 1. The maximum atomic E-state index is 5.32. The average Bonchev–Trinajstić information content (AvgIpc) is 3.32. The molecule has 0 unspecified atom stereocenters. The Hall–Kier alpha value is -2.51. The van der Waals surface area contributed by atoms with E-state index >= 15 is 0 Å². The zero-order chi connectivity index (χ0) is 17.1. The van der Waals surface area contributed by atoms with Crippen LogP contribution in [0.5, 0.6) is 0 Å². The van der Waals surface area contributed by atoms with Crippen LogP contribution in [0.15, 0.2) is 62.9 Å². The van der Waals surface area contributed by atoms with E-state index in [4.69, 9.17) is 4.52 Å². The Morgan fingerprint density at radius 1 is 1.04 bits per heavy atom. The van der Waals surface area contributed by atoms with Crippen LogP contribution in [0, 0.1) is 6.92 Å². The highest BCUT2D eigenvalue weighted by atomic mass is 32.2. The monoisotopic (exact) mass is 366 g/mol. The molecule has 0 N–H and O–H groups in total. The lowest BCUT2D eigenvalue weighted by Gasteiger charge is -2.05. The molecule has 0 radical (unpaired) electrons. The maximum Gasteiger partial charge on any atom is 0.237 e. The van der Waals surface area contributed by atoms with Gasteiger partial charge in [0.2, 0.25) is 11.7 Å². The first-order valence-corrected chi connectivity index (χ1v) is 9.60. The summed E-state index contributed by atoms with van der Waals surface area (Å²) in [5.74, 6) is 1.72. The fourth-order valence-corrected chi connectivity index (χ4v) is 3.69. The first kappa shape index (κ1) is 16.0. The highest BCUT2D eigenvalue weighted by molar-refractivity contribution is 7.98. The normalized spacial score (nSPS) is 10.9. The molecule has 0 aliphatic heterocycles. The molecule has 0 atom stereocenters. The molecular formula is C18H14N4OS2. The van der Waals surface area contributed by atoms with Crippen molar-refractivity contribution in [3.8, 4) is 22.6 Å². The lowest BCUT2D eigenvalue weighted by Crippen LogP contribution is -1.94. The van der Waals surface area contributed by atoms with E-state index in [9.17, 15) is 0 Å². The van der Waals surface area contributed by atoms with Gasteiger partial charge in [0.15, 0.2) is 5.16 Å². The van der Waals surface area contributed by atoms with Crippen molar-refractivity contribution in [2.45, 2.75) is 17.8 Å². The predicted molar refractivity (Wildman–Crippen MR) is 99.4 cm³/mol. The Kier molecular flexibility index (Phi) is 4.58. The maximum absolute atomic E-state index is 5.32. The van der Waals surface area contributed by atoms with Crippen LogP contribution in [0.2, 0.25) is 0 Å². The molecule has 3 aromatic heterocycles. The van der Waals surface area contributed by atoms with Gasteiger partial charge in [0, 0.05) is 22.2 Å². The van der Waals surface area contributed by atoms with E-state index in [1.54, 1.807) is 11.3 Å². The Morgan fingerprint density at radius 2 is 1.92 bits per heavy atom. The highest BCUT2D eigenvalue weighted by Gasteiger charge is 2.11. The molecule has 0 spiro atoms. The molecular weight excluding hydrogens is 352 g/mol. The van der Waals surface area contributed by atoms with Gasteiger partial charge in [-0.05, 0) is 24.4 Å². The third-order valence-electron chi connectivity index (χ3n) is 3.48. The molecule has 0 bridgehead atoms. The number of nitrogens with zero attached hydrogens (tertiary/aromatic N) is 4. The third kappa shape index (κ3) is 3.78. The van der Waals surface area contributed by atoms with Crippen molar-refractivity contribution >= 4 is 23.1 Å². The molecule has 0 saturated heterocycles. The summed E-state index contributed by atoms with van der Waals surface area (Å²) in [4.78, 5) is 13.6. The van der Waals surface area contributed by atoms with Gasteiger partial charge in [0.25, 0.3) is 0 Å². The van der Waals surface area contributed by atoms with Crippen LogP contribution < -0.4 is 0 Å². The molecule has 124 valence electrons. The van der Waals surface area contributed by atoms with Crippen LogP contribution in [0.25, 0.3) is 22.6 Å².